The van der Waals surface area contributed by atoms with Crippen molar-refractivity contribution in [1.29, 1.82) is 0 Å². The highest BCUT2D eigenvalue weighted by atomic mass is 16.2. The quantitative estimate of drug-likeness (QED) is 0.396. The van der Waals surface area contributed by atoms with Gasteiger partial charge in [-0.25, -0.2) is 0 Å². The summed E-state index contributed by atoms with van der Waals surface area (Å²) in [6.07, 6.45) is 4.29. The van der Waals surface area contributed by atoms with E-state index in [0.29, 0.717) is 0 Å². The van der Waals surface area contributed by atoms with Crippen molar-refractivity contribution < 1.29 is 5.11 Å². The first kappa shape index (κ1) is 5.70. The second-order valence-corrected chi connectivity index (χ2v) is 0.996. The molecule has 6 heavy (non-hydrogen) atoms. The Hall–Kier alpha value is -0.300. The van der Waals surface area contributed by atoms with Crippen molar-refractivity contribution >= 4 is 0 Å². The molecular formula is C5H9O. The van der Waals surface area contributed by atoms with Crippen molar-refractivity contribution in [2.45, 2.75) is 6.42 Å². The number of rotatable bonds is 3. The number of allylic oxidation sites excluding steroid dienone is 1. The lowest BCUT2D eigenvalue weighted by molar-refractivity contribution is 0.326. The van der Waals surface area contributed by atoms with Gasteiger partial charge in [-0.1, -0.05) is 6.08 Å². The SMILES string of the molecule is C=CC[CH]CO. The summed E-state index contributed by atoms with van der Waals surface area (Å²) < 4.78 is 0. The normalized spacial score (nSPS) is 8.17. The molecular weight excluding hydrogens is 76.1 g/mol. The number of aliphatic hydroxyl groups is 1. The first-order valence-corrected chi connectivity index (χ1v) is 1.95. The number of hydrogen-bond donors (Lipinski definition) is 1. The summed E-state index contributed by atoms with van der Waals surface area (Å²) in [6.45, 7) is 3.61. The zero-order valence-corrected chi connectivity index (χ0v) is 3.72. The zero-order chi connectivity index (χ0) is 4.83. The van der Waals surface area contributed by atoms with E-state index < -0.39 is 0 Å². The lowest BCUT2D eigenvalue weighted by Gasteiger charge is -1.81. The van der Waals surface area contributed by atoms with E-state index in [9.17, 15) is 0 Å². The summed E-state index contributed by atoms with van der Waals surface area (Å²) in [6, 6.07) is 0. The van der Waals surface area contributed by atoms with Gasteiger partial charge in [0, 0.05) is 6.61 Å². The Balaban J connectivity index is 2.49. The predicted molar refractivity (Wildman–Crippen MR) is 26.2 cm³/mol. The van der Waals surface area contributed by atoms with Crippen LogP contribution in [-0.2, 0) is 0 Å². The van der Waals surface area contributed by atoms with E-state index in [4.69, 9.17) is 5.11 Å². The molecule has 0 spiro atoms. The molecule has 1 radical (unpaired) electrons. The minimum absolute atomic E-state index is 0.159. The number of unbranched alkanes of at least 4 members (excludes halogenated alkanes) is 1. The molecule has 0 heterocycles. The molecule has 0 aromatic rings. The van der Waals surface area contributed by atoms with Gasteiger partial charge in [0.15, 0.2) is 0 Å². The maximum absolute atomic E-state index is 8.09. The van der Waals surface area contributed by atoms with Gasteiger partial charge in [-0.05, 0) is 12.8 Å². The van der Waals surface area contributed by atoms with E-state index in [0.717, 1.165) is 6.42 Å². The van der Waals surface area contributed by atoms with Crippen LogP contribution in [0.15, 0.2) is 12.7 Å². The fourth-order valence-electron chi connectivity index (χ4n) is 0.192. The third-order valence-electron chi connectivity index (χ3n) is 0.462. The van der Waals surface area contributed by atoms with Crippen LogP contribution < -0.4 is 0 Å². The van der Waals surface area contributed by atoms with Crippen molar-refractivity contribution in [2.75, 3.05) is 6.61 Å². The highest BCUT2D eigenvalue weighted by Gasteiger charge is 1.73. The molecule has 1 heteroatoms. The van der Waals surface area contributed by atoms with Gasteiger partial charge < -0.3 is 5.11 Å². The van der Waals surface area contributed by atoms with Crippen LogP contribution in [0.4, 0.5) is 0 Å². The van der Waals surface area contributed by atoms with Crippen LogP contribution in [0.25, 0.3) is 0 Å². The molecule has 0 saturated carbocycles. The first-order valence-electron chi connectivity index (χ1n) is 1.95. The molecule has 0 bridgehead atoms. The predicted octanol–water partition coefficient (Wildman–Crippen LogP) is 0.759. The molecule has 0 aromatic heterocycles. The van der Waals surface area contributed by atoms with Crippen LogP contribution in [0.3, 0.4) is 0 Å². The first-order chi connectivity index (χ1) is 2.91. The van der Waals surface area contributed by atoms with Gasteiger partial charge in [-0.2, -0.15) is 0 Å². The fraction of sp³-hybridized carbons (Fsp3) is 0.400. The Kier molecular flexibility index (Phi) is 4.46. The van der Waals surface area contributed by atoms with Gasteiger partial charge >= 0.3 is 0 Å². The van der Waals surface area contributed by atoms with Crippen LogP contribution in [0.5, 0.6) is 0 Å². The van der Waals surface area contributed by atoms with Gasteiger partial charge in [0.2, 0.25) is 0 Å². The standard InChI is InChI=1S/C5H9O/c1-2-3-4-5-6/h2,4,6H,1,3,5H2. The molecule has 0 rings (SSSR count). The van der Waals surface area contributed by atoms with E-state index in [1.54, 1.807) is 12.5 Å². The van der Waals surface area contributed by atoms with Gasteiger partial charge in [-0.3, -0.25) is 0 Å². The van der Waals surface area contributed by atoms with Crippen molar-refractivity contribution in [2.24, 2.45) is 0 Å². The molecule has 0 atom stereocenters. The third-order valence-corrected chi connectivity index (χ3v) is 0.462. The highest BCUT2D eigenvalue weighted by Crippen LogP contribution is 1.81. The Morgan fingerprint density at radius 2 is 2.33 bits per heavy atom. The maximum Gasteiger partial charge on any atom is 0.0465 e. The van der Waals surface area contributed by atoms with E-state index >= 15 is 0 Å². The average Bonchev–Trinajstić information content (AvgIpc) is 1.61. The van der Waals surface area contributed by atoms with Gasteiger partial charge in [0.05, 0.1) is 0 Å². The lowest BCUT2D eigenvalue weighted by Crippen LogP contribution is -1.78. The Morgan fingerprint density at radius 1 is 1.67 bits per heavy atom. The van der Waals surface area contributed by atoms with Gasteiger partial charge in [0.1, 0.15) is 0 Å². The van der Waals surface area contributed by atoms with Gasteiger partial charge in [0.25, 0.3) is 0 Å². The molecule has 0 aliphatic heterocycles. The van der Waals surface area contributed by atoms with E-state index in [-0.39, 0.29) is 6.61 Å². The number of aliphatic hydroxyl groups excluding tert-OH is 1. The van der Waals surface area contributed by atoms with Crippen LogP contribution >= 0.6 is 0 Å². The molecule has 35 valence electrons. The Labute approximate surface area is 38.3 Å². The summed E-state index contributed by atoms with van der Waals surface area (Å²) in [4.78, 5) is 0. The minimum Gasteiger partial charge on any atom is -0.396 e. The van der Waals surface area contributed by atoms with Crippen LogP contribution in [0.1, 0.15) is 6.42 Å². The average molecular weight is 85.1 g/mol. The molecule has 1 N–H and O–H groups in total. The minimum atomic E-state index is 0.159. The summed E-state index contributed by atoms with van der Waals surface area (Å²) in [5.41, 5.74) is 0. The topological polar surface area (TPSA) is 20.2 Å². The van der Waals surface area contributed by atoms with Crippen molar-refractivity contribution in [3.05, 3.63) is 19.1 Å². The summed E-state index contributed by atoms with van der Waals surface area (Å²) >= 11 is 0. The smallest absolute Gasteiger partial charge is 0.0465 e. The number of hydrogen-bond acceptors (Lipinski definition) is 1. The molecule has 0 fully saturated rings. The Bertz CT molecular complexity index is 32.9. The lowest BCUT2D eigenvalue weighted by atomic mass is 10.3. The van der Waals surface area contributed by atoms with Crippen molar-refractivity contribution in [1.82, 2.24) is 0 Å². The monoisotopic (exact) mass is 85.1 g/mol. The van der Waals surface area contributed by atoms with Crippen LogP contribution in [0.2, 0.25) is 0 Å². The summed E-state index contributed by atoms with van der Waals surface area (Å²) in [5.74, 6) is 0. The van der Waals surface area contributed by atoms with E-state index in [1.807, 2.05) is 0 Å². The van der Waals surface area contributed by atoms with Crippen molar-refractivity contribution in [3.8, 4) is 0 Å². The van der Waals surface area contributed by atoms with E-state index in [1.165, 1.54) is 0 Å². The summed E-state index contributed by atoms with van der Waals surface area (Å²) in [5, 5.41) is 8.09. The maximum atomic E-state index is 8.09. The Morgan fingerprint density at radius 3 is 2.50 bits per heavy atom. The second kappa shape index (κ2) is 4.70. The molecule has 0 aliphatic carbocycles. The molecule has 0 saturated heterocycles. The molecule has 0 aliphatic rings. The third kappa shape index (κ3) is 3.70. The molecule has 0 amide bonds. The zero-order valence-electron chi connectivity index (χ0n) is 3.72. The molecule has 0 aromatic carbocycles. The van der Waals surface area contributed by atoms with Crippen LogP contribution in [-0.4, -0.2) is 11.7 Å². The van der Waals surface area contributed by atoms with Crippen molar-refractivity contribution in [3.63, 3.8) is 0 Å². The summed E-state index contributed by atoms with van der Waals surface area (Å²) in [7, 11) is 0. The van der Waals surface area contributed by atoms with E-state index in [2.05, 4.69) is 6.58 Å². The van der Waals surface area contributed by atoms with Gasteiger partial charge in [-0.15, -0.1) is 6.58 Å². The molecule has 1 nitrogen and oxygen atoms in total. The largest absolute Gasteiger partial charge is 0.396 e. The highest BCUT2D eigenvalue weighted by molar-refractivity contribution is 4.76. The fourth-order valence-corrected chi connectivity index (χ4v) is 0.192. The second-order valence-electron chi connectivity index (χ2n) is 0.996. The van der Waals surface area contributed by atoms with Crippen LogP contribution in [0, 0.1) is 6.42 Å². The molecule has 0 unspecified atom stereocenters.